The topological polar surface area (TPSA) is 57.2 Å². The molecule has 2 saturated heterocycles. The van der Waals surface area contributed by atoms with Crippen LogP contribution in [0.2, 0.25) is 0 Å². The fraction of sp³-hybridized carbons (Fsp3) is 0.857. The summed E-state index contributed by atoms with van der Waals surface area (Å²) in [6.45, 7) is 10.8. The van der Waals surface area contributed by atoms with E-state index in [1.807, 2.05) is 0 Å². The second-order valence-corrected chi connectivity index (χ2v) is 10.0. The maximum absolute atomic E-state index is 13.0. The number of methoxy groups -OCH3 is 1. The van der Waals surface area contributed by atoms with E-state index in [0.717, 1.165) is 6.08 Å². The molecule has 0 aromatic heterocycles. The Hall–Kier alpha value is -1.32. The molecule has 0 N–H and O–H groups in total. The van der Waals surface area contributed by atoms with Gasteiger partial charge in [-0.15, -0.1) is 0 Å². The molecule has 1 saturated carbocycles. The summed E-state index contributed by atoms with van der Waals surface area (Å²) in [5.74, 6) is -1.86. The molecule has 1 amide bonds. The van der Waals surface area contributed by atoms with E-state index in [2.05, 4.69) is 0 Å². The smallest absolute Gasteiger partial charge is 0.410 e. The van der Waals surface area contributed by atoms with E-state index < -0.39 is 52.9 Å². The summed E-state index contributed by atoms with van der Waals surface area (Å²) in [7, 11) is 1.48. The van der Waals surface area contributed by atoms with Crippen LogP contribution in [-0.4, -0.2) is 65.6 Å². The molecule has 0 unspecified atom stereocenters. The van der Waals surface area contributed by atoms with Gasteiger partial charge < -0.3 is 18.9 Å². The van der Waals surface area contributed by atoms with Crippen molar-refractivity contribution in [1.29, 1.82) is 0 Å². The van der Waals surface area contributed by atoms with Crippen LogP contribution in [0.15, 0.2) is 12.2 Å². The van der Waals surface area contributed by atoms with Crippen molar-refractivity contribution in [3.8, 4) is 0 Å². The van der Waals surface area contributed by atoms with Crippen LogP contribution in [0.1, 0.15) is 54.4 Å². The van der Waals surface area contributed by atoms with Gasteiger partial charge in [-0.2, -0.15) is 13.2 Å². The number of piperidine rings is 1. The Balaban J connectivity index is 2.00. The Labute approximate surface area is 175 Å². The average Bonchev–Trinajstić information content (AvgIpc) is 3.33. The van der Waals surface area contributed by atoms with Gasteiger partial charge in [-0.3, -0.25) is 4.90 Å². The zero-order valence-corrected chi connectivity index (χ0v) is 18.6. The molecular formula is C21H32F3NO5. The molecule has 2 aliphatic heterocycles. The van der Waals surface area contributed by atoms with Crippen LogP contribution in [0.3, 0.4) is 0 Å². The minimum Gasteiger partial charge on any atom is -0.444 e. The highest BCUT2D eigenvalue weighted by Gasteiger charge is 2.67. The van der Waals surface area contributed by atoms with Gasteiger partial charge in [0.2, 0.25) is 0 Å². The quantitative estimate of drug-likeness (QED) is 0.601. The number of halogens is 3. The number of hydrogen-bond acceptors (Lipinski definition) is 5. The first kappa shape index (κ1) is 23.3. The fourth-order valence-electron chi connectivity index (χ4n) is 4.42. The number of amides is 1. The first-order valence-corrected chi connectivity index (χ1v) is 10.2. The van der Waals surface area contributed by atoms with Crippen LogP contribution >= 0.6 is 0 Å². The summed E-state index contributed by atoms with van der Waals surface area (Å²) in [6, 6.07) is 0. The standard InChI is InChI=1S/C21H32F3NO5/c1-17(2,3)30-16(26)25-12-14-15(29-19(6,27-7)18(4,5)28-14)13(20(25)10-11-20)8-9-21(22,23)24/h8-9,13-15H,10-12H2,1-7H3/b9-8+/t13-,14-,15-,19+/m1/s1. The molecule has 3 aliphatic rings. The van der Waals surface area contributed by atoms with E-state index in [1.165, 1.54) is 7.11 Å². The minimum absolute atomic E-state index is 0.180. The molecule has 172 valence electrons. The lowest BCUT2D eigenvalue weighted by molar-refractivity contribution is -0.394. The van der Waals surface area contributed by atoms with Gasteiger partial charge >= 0.3 is 12.3 Å². The van der Waals surface area contributed by atoms with Gasteiger partial charge in [-0.25, -0.2) is 4.79 Å². The lowest BCUT2D eigenvalue weighted by Crippen LogP contribution is -2.71. The highest BCUT2D eigenvalue weighted by atomic mass is 19.4. The summed E-state index contributed by atoms with van der Waals surface area (Å²) in [5.41, 5.74) is -2.39. The summed E-state index contributed by atoms with van der Waals surface area (Å²) in [5, 5.41) is 0. The maximum atomic E-state index is 13.0. The third-order valence-corrected chi connectivity index (χ3v) is 6.40. The largest absolute Gasteiger partial charge is 0.444 e. The highest BCUT2D eigenvalue weighted by molar-refractivity contribution is 5.70. The monoisotopic (exact) mass is 435 g/mol. The predicted octanol–water partition coefficient (Wildman–Crippen LogP) is 4.43. The SMILES string of the molecule is CO[C@@]1(C)O[C@@H]2[C@@H](/C=C/C(F)(F)F)C3(CC3)N(C(=O)OC(C)(C)C)C[C@H]2OC1(C)C. The van der Waals surface area contributed by atoms with E-state index in [0.29, 0.717) is 12.8 Å². The zero-order chi connectivity index (χ0) is 22.8. The van der Waals surface area contributed by atoms with Gasteiger partial charge in [0.15, 0.2) is 5.79 Å². The van der Waals surface area contributed by atoms with Crippen LogP contribution in [0, 0.1) is 5.92 Å². The molecule has 0 aromatic rings. The van der Waals surface area contributed by atoms with Crippen LogP contribution in [0.5, 0.6) is 0 Å². The molecule has 4 atom stereocenters. The molecule has 30 heavy (non-hydrogen) atoms. The number of hydrogen-bond donors (Lipinski definition) is 0. The summed E-state index contributed by atoms with van der Waals surface area (Å²) >= 11 is 0. The first-order valence-electron chi connectivity index (χ1n) is 10.2. The lowest BCUT2D eigenvalue weighted by Gasteiger charge is -2.58. The number of ether oxygens (including phenoxy) is 4. The number of likely N-dealkylation sites (tertiary alicyclic amines) is 1. The van der Waals surface area contributed by atoms with Crippen molar-refractivity contribution in [2.24, 2.45) is 5.92 Å². The second-order valence-electron chi connectivity index (χ2n) is 10.0. The molecule has 2 heterocycles. The number of alkyl halides is 3. The van der Waals surface area contributed by atoms with Crippen LogP contribution < -0.4 is 0 Å². The minimum atomic E-state index is -4.47. The normalized spacial score (nSPS) is 35.4. The first-order chi connectivity index (χ1) is 13.5. The second kappa shape index (κ2) is 7.10. The highest BCUT2D eigenvalue weighted by Crippen LogP contribution is 2.57. The molecule has 3 fully saturated rings. The predicted molar refractivity (Wildman–Crippen MR) is 103 cm³/mol. The summed E-state index contributed by atoms with van der Waals surface area (Å²) < 4.78 is 62.8. The number of carbonyl (C=O) groups is 1. The summed E-state index contributed by atoms with van der Waals surface area (Å²) in [6.07, 6.45) is -3.87. The Bertz CT molecular complexity index is 710. The zero-order valence-electron chi connectivity index (χ0n) is 18.6. The van der Waals surface area contributed by atoms with Crippen LogP contribution in [-0.2, 0) is 18.9 Å². The summed E-state index contributed by atoms with van der Waals surface area (Å²) in [4.78, 5) is 14.5. The number of allylic oxidation sites excluding steroid dienone is 1. The molecule has 0 radical (unpaired) electrons. The van der Waals surface area contributed by atoms with Gasteiger partial charge in [-0.1, -0.05) is 6.08 Å². The van der Waals surface area contributed by atoms with Gasteiger partial charge in [0.1, 0.15) is 17.3 Å². The van der Waals surface area contributed by atoms with Gasteiger partial charge in [0.05, 0.1) is 18.2 Å². The molecule has 1 aliphatic carbocycles. The van der Waals surface area contributed by atoms with Gasteiger partial charge in [-0.05, 0) is 54.4 Å². The van der Waals surface area contributed by atoms with Gasteiger partial charge in [0.25, 0.3) is 0 Å². The van der Waals surface area contributed by atoms with Crippen molar-refractivity contribution in [1.82, 2.24) is 4.90 Å². The molecule has 0 aromatic carbocycles. The fourth-order valence-corrected chi connectivity index (χ4v) is 4.42. The van der Waals surface area contributed by atoms with Crippen molar-refractivity contribution in [2.45, 2.75) is 95.3 Å². The molecule has 3 rings (SSSR count). The molecule has 1 spiro atoms. The Kier molecular flexibility index (Phi) is 5.52. The molecule has 9 heteroatoms. The van der Waals surface area contributed by atoms with E-state index in [4.69, 9.17) is 18.9 Å². The molecule has 0 bridgehead atoms. The van der Waals surface area contributed by atoms with Crippen molar-refractivity contribution in [3.05, 3.63) is 12.2 Å². The van der Waals surface area contributed by atoms with E-state index >= 15 is 0 Å². The average molecular weight is 435 g/mol. The van der Waals surface area contributed by atoms with E-state index in [-0.39, 0.29) is 12.6 Å². The third-order valence-electron chi connectivity index (χ3n) is 6.40. The van der Waals surface area contributed by atoms with Crippen LogP contribution in [0.4, 0.5) is 18.0 Å². The Morgan fingerprint density at radius 2 is 1.73 bits per heavy atom. The van der Waals surface area contributed by atoms with E-state index in [1.54, 1.807) is 46.4 Å². The van der Waals surface area contributed by atoms with Crippen molar-refractivity contribution >= 4 is 6.09 Å². The Morgan fingerprint density at radius 3 is 2.20 bits per heavy atom. The van der Waals surface area contributed by atoms with E-state index in [9.17, 15) is 18.0 Å². The number of rotatable bonds is 2. The number of carbonyl (C=O) groups excluding carboxylic acids is 1. The van der Waals surface area contributed by atoms with Crippen molar-refractivity contribution in [3.63, 3.8) is 0 Å². The third kappa shape index (κ3) is 4.21. The number of nitrogens with zero attached hydrogens (tertiary/aromatic N) is 1. The lowest BCUT2D eigenvalue weighted by atomic mass is 9.80. The maximum Gasteiger partial charge on any atom is 0.410 e. The van der Waals surface area contributed by atoms with Crippen LogP contribution in [0.25, 0.3) is 0 Å². The van der Waals surface area contributed by atoms with Crippen molar-refractivity contribution in [2.75, 3.05) is 13.7 Å². The Morgan fingerprint density at radius 1 is 1.13 bits per heavy atom. The van der Waals surface area contributed by atoms with Crippen molar-refractivity contribution < 1.29 is 36.9 Å². The molecule has 6 nitrogen and oxygen atoms in total. The van der Waals surface area contributed by atoms with Gasteiger partial charge in [0, 0.05) is 19.1 Å². The molecular weight excluding hydrogens is 403 g/mol. The number of fused-ring (bicyclic) bond motifs is 1.